The third-order valence-corrected chi connectivity index (χ3v) is 6.48. The number of anilines is 2. The maximum atomic E-state index is 12.7. The Morgan fingerprint density at radius 1 is 1.11 bits per heavy atom. The Kier molecular flexibility index (Phi) is 7.64. The smallest absolute Gasteiger partial charge is 0.269 e. The average Bonchev–Trinajstić information content (AvgIpc) is 3.32. The second kappa shape index (κ2) is 11.0. The summed E-state index contributed by atoms with van der Waals surface area (Å²) in [6, 6.07) is 15.9. The summed E-state index contributed by atoms with van der Waals surface area (Å²) in [7, 11) is 0. The van der Waals surface area contributed by atoms with Crippen molar-refractivity contribution in [3.05, 3.63) is 87.4 Å². The van der Waals surface area contributed by atoms with Crippen LogP contribution in [0.2, 0.25) is 0 Å². The number of rotatable bonds is 7. The van der Waals surface area contributed by atoms with Gasteiger partial charge in [-0.1, -0.05) is 30.3 Å². The summed E-state index contributed by atoms with van der Waals surface area (Å²) in [6.45, 7) is 4.63. The Hall–Kier alpha value is -3.89. The maximum Gasteiger partial charge on any atom is 0.269 e. The topological polar surface area (TPSA) is 99.9 Å². The zero-order chi connectivity index (χ0) is 24.8. The van der Waals surface area contributed by atoms with Gasteiger partial charge in [0.05, 0.1) is 16.3 Å². The summed E-state index contributed by atoms with van der Waals surface area (Å²) < 4.78 is 0. The second-order valence-electron chi connectivity index (χ2n) is 8.11. The summed E-state index contributed by atoms with van der Waals surface area (Å²) in [6.07, 6.45) is 3.18. The van der Waals surface area contributed by atoms with Gasteiger partial charge < -0.3 is 4.90 Å². The SMILES string of the molecule is CC(=O)N(c1ccccc1)c1nc(/C=C/C(=O)N2CCN(Cc3cccc([N+](=O)[O-])c3)CC2)cs1. The van der Waals surface area contributed by atoms with E-state index < -0.39 is 4.92 Å². The van der Waals surface area contributed by atoms with Crippen LogP contribution in [0.4, 0.5) is 16.5 Å². The van der Waals surface area contributed by atoms with Crippen molar-refractivity contribution in [2.24, 2.45) is 0 Å². The number of non-ortho nitro benzene ring substituents is 1. The minimum Gasteiger partial charge on any atom is -0.337 e. The van der Waals surface area contributed by atoms with Crippen molar-refractivity contribution in [1.82, 2.24) is 14.8 Å². The molecule has 2 amide bonds. The molecule has 1 aliphatic heterocycles. The maximum absolute atomic E-state index is 12.7. The number of para-hydroxylation sites is 1. The number of thiazole rings is 1. The Morgan fingerprint density at radius 2 is 1.86 bits per heavy atom. The first-order valence-corrected chi connectivity index (χ1v) is 12.0. The van der Waals surface area contributed by atoms with Crippen LogP contribution in [-0.4, -0.2) is 57.7 Å². The van der Waals surface area contributed by atoms with Crippen molar-refractivity contribution in [2.45, 2.75) is 13.5 Å². The fourth-order valence-electron chi connectivity index (χ4n) is 3.87. The van der Waals surface area contributed by atoms with Crippen LogP contribution in [0.3, 0.4) is 0 Å². The zero-order valence-electron chi connectivity index (χ0n) is 19.2. The highest BCUT2D eigenvalue weighted by molar-refractivity contribution is 7.14. The van der Waals surface area contributed by atoms with Gasteiger partial charge in [-0.2, -0.15) is 0 Å². The molecule has 0 aliphatic carbocycles. The zero-order valence-corrected chi connectivity index (χ0v) is 20.1. The predicted octanol–water partition coefficient (Wildman–Crippen LogP) is 4.09. The lowest BCUT2D eigenvalue weighted by atomic mass is 10.1. The minimum atomic E-state index is -0.392. The number of hydrogen-bond acceptors (Lipinski definition) is 7. The van der Waals surface area contributed by atoms with E-state index in [1.54, 1.807) is 28.0 Å². The molecule has 1 saturated heterocycles. The largest absolute Gasteiger partial charge is 0.337 e. The van der Waals surface area contributed by atoms with Gasteiger partial charge in [0.1, 0.15) is 0 Å². The highest BCUT2D eigenvalue weighted by atomic mass is 32.1. The Morgan fingerprint density at radius 3 is 2.54 bits per heavy atom. The molecule has 35 heavy (non-hydrogen) atoms. The lowest BCUT2D eigenvalue weighted by Crippen LogP contribution is -2.47. The Labute approximate surface area is 207 Å². The summed E-state index contributed by atoms with van der Waals surface area (Å²) >= 11 is 1.34. The van der Waals surface area contributed by atoms with Crippen molar-refractivity contribution in [2.75, 3.05) is 31.1 Å². The van der Waals surface area contributed by atoms with E-state index in [0.29, 0.717) is 43.5 Å². The van der Waals surface area contributed by atoms with Crippen molar-refractivity contribution < 1.29 is 14.5 Å². The van der Waals surface area contributed by atoms with E-state index in [4.69, 9.17) is 0 Å². The number of nitro benzene ring substituents is 1. The number of nitrogens with zero attached hydrogens (tertiary/aromatic N) is 5. The molecule has 0 unspecified atom stereocenters. The first-order chi connectivity index (χ1) is 16.9. The number of carbonyl (C=O) groups is 2. The molecule has 2 heterocycles. The first kappa shape index (κ1) is 24.2. The monoisotopic (exact) mass is 491 g/mol. The number of carbonyl (C=O) groups excluding carboxylic acids is 2. The van der Waals surface area contributed by atoms with E-state index in [2.05, 4.69) is 9.88 Å². The number of benzene rings is 2. The van der Waals surface area contributed by atoms with Crippen molar-refractivity contribution in [1.29, 1.82) is 0 Å². The molecule has 2 aromatic carbocycles. The second-order valence-corrected chi connectivity index (χ2v) is 8.94. The summed E-state index contributed by atoms with van der Waals surface area (Å²) in [5.74, 6) is -0.235. The van der Waals surface area contributed by atoms with Gasteiger partial charge in [0.2, 0.25) is 11.8 Å². The minimum absolute atomic E-state index is 0.0850. The van der Waals surface area contributed by atoms with Gasteiger partial charge in [-0.25, -0.2) is 4.98 Å². The van der Waals surface area contributed by atoms with Gasteiger partial charge in [0.15, 0.2) is 5.13 Å². The van der Waals surface area contributed by atoms with Crippen LogP contribution in [-0.2, 0) is 16.1 Å². The molecular formula is C25H25N5O4S. The van der Waals surface area contributed by atoms with E-state index >= 15 is 0 Å². The van der Waals surface area contributed by atoms with Gasteiger partial charge in [0, 0.05) is 63.2 Å². The van der Waals surface area contributed by atoms with Crippen LogP contribution in [0.15, 0.2) is 66.1 Å². The molecule has 0 bridgehead atoms. The van der Waals surface area contributed by atoms with E-state index in [-0.39, 0.29) is 17.5 Å². The number of nitro groups is 1. The predicted molar refractivity (Wildman–Crippen MR) is 135 cm³/mol. The van der Waals surface area contributed by atoms with Gasteiger partial charge in [-0.3, -0.25) is 29.5 Å². The van der Waals surface area contributed by atoms with Crippen molar-refractivity contribution in [3.63, 3.8) is 0 Å². The normalized spacial score (nSPS) is 14.3. The lowest BCUT2D eigenvalue weighted by molar-refractivity contribution is -0.384. The quantitative estimate of drug-likeness (QED) is 0.280. The third kappa shape index (κ3) is 6.17. The fraction of sp³-hybridized carbons (Fsp3) is 0.240. The highest BCUT2D eigenvalue weighted by Gasteiger charge is 2.21. The van der Waals surface area contributed by atoms with Gasteiger partial charge in [-0.05, 0) is 23.8 Å². The molecule has 180 valence electrons. The van der Waals surface area contributed by atoms with Gasteiger partial charge in [0.25, 0.3) is 5.69 Å². The van der Waals surface area contributed by atoms with Crippen LogP contribution in [0.25, 0.3) is 6.08 Å². The molecule has 1 fully saturated rings. The first-order valence-electron chi connectivity index (χ1n) is 11.1. The van der Waals surface area contributed by atoms with Crippen LogP contribution >= 0.6 is 11.3 Å². The van der Waals surface area contributed by atoms with Crippen LogP contribution < -0.4 is 4.90 Å². The average molecular weight is 492 g/mol. The van der Waals surface area contributed by atoms with Gasteiger partial charge in [-0.15, -0.1) is 11.3 Å². The van der Waals surface area contributed by atoms with E-state index in [0.717, 1.165) is 11.3 Å². The molecule has 1 aliphatic rings. The van der Waals surface area contributed by atoms with Crippen molar-refractivity contribution in [3.8, 4) is 0 Å². The summed E-state index contributed by atoms with van der Waals surface area (Å²) in [5, 5.41) is 13.3. The van der Waals surface area contributed by atoms with E-state index in [1.807, 2.05) is 41.8 Å². The molecular weight excluding hydrogens is 466 g/mol. The molecule has 3 aromatic rings. The molecule has 4 rings (SSSR count). The van der Waals surface area contributed by atoms with Crippen LogP contribution in [0.5, 0.6) is 0 Å². The Balaban J connectivity index is 1.32. The molecule has 0 spiro atoms. The lowest BCUT2D eigenvalue weighted by Gasteiger charge is -2.34. The number of piperazine rings is 1. The molecule has 10 heteroatoms. The standard InChI is InChI=1S/C25H25N5O4S/c1-19(31)29(22-7-3-2-4-8-22)25-26-21(18-35-25)10-11-24(32)28-14-12-27(13-15-28)17-20-6-5-9-23(16-20)30(33)34/h2-11,16,18H,12-15,17H2,1H3/b11-10+. The molecule has 1 aromatic heterocycles. The summed E-state index contributed by atoms with van der Waals surface area (Å²) in [5.41, 5.74) is 2.32. The van der Waals surface area contributed by atoms with Crippen LogP contribution in [0, 0.1) is 10.1 Å². The highest BCUT2D eigenvalue weighted by Crippen LogP contribution is 2.29. The summed E-state index contributed by atoms with van der Waals surface area (Å²) in [4.78, 5) is 45.5. The third-order valence-electron chi connectivity index (χ3n) is 5.64. The number of hydrogen-bond donors (Lipinski definition) is 0. The molecule has 0 radical (unpaired) electrons. The van der Waals surface area contributed by atoms with E-state index in [1.165, 1.54) is 30.4 Å². The molecule has 0 N–H and O–H groups in total. The Bertz CT molecular complexity index is 1240. The molecule has 0 atom stereocenters. The van der Waals surface area contributed by atoms with Crippen molar-refractivity contribution >= 4 is 45.7 Å². The van der Waals surface area contributed by atoms with Crippen LogP contribution in [0.1, 0.15) is 18.2 Å². The number of amides is 2. The van der Waals surface area contributed by atoms with Gasteiger partial charge >= 0.3 is 0 Å². The number of aromatic nitrogens is 1. The fourth-order valence-corrected chi connectivity index (χ4v) is 4.73. The molecule has 0 saturated carbocycles. The van der Waals surface area contributed by atoms with E-state index in [9.17, 15) is 19.7 Å². The molecule has 9 nitrogen and oxygen atoms in total.